The molecule has 2 amide bonds. The lowest BCUT2D eigenvalue weighted by Gasteiger charge is -2.31. The molecule has 2 aromatic rings. The van der Waals surface area contributed by atoms with Gasteiger partial charge in [-0.05, 0) is 61.7 Å². The van der Waals surface area contributed by atoms with E-state index in [-0.39, 0.29) is 18.6 Å². The largest absolute Gasteiger partial charge is 0.479 e. The van der Waals surface area contributed by atoms with Crippen LogP contribution in [0.25, 0.3) is 6.08 Å². The van der Waals surface area contributed by atoms with Crippen LogP contribution in [0, 0.1) is 0 Å². The summed E-state index contributed by atoms with van der Waals surface area (Å²) in [4.78, 5) is 24.4. The molecule has 1 aliphatic rings. The molecule has 3 rings (SSSR count). The molecule has 0 aromatic heterocycles. The van der Waals surface area contributed by atoms with E-state index < -0.39 is 5.60 Å². The third-order valence-corrected chi connectivity index (χ3v) is 4.88. The van der Waals surface area contributed by atoms with E-state index in [1.165, 1.54) is 6.92 Å². The Morgan fingerprint density at radius 2 is 1.79 bits per heavy atom. The first kappa shape index (κ1) is 19.8. The first-order valence-electron chi connectivity index (χ1n) is 8.75. The monoisotopic (exact) mass is 398 g/mol. The number of carbonyl (C=O) groups excluding carboxylic acids is 2. The first-order valence-corrected chi connectivity index (χ1v) is 9.97. The van der Waals surface area contributed by atoms with E-state index in [4.69, 9.17) is 9.47 Å². The molecule has 1 unspecified atom stereocenters. The van der Waals surface area contributed by atoms with Gasteiger partial charge in [0.1, 0.15) is 12.4 Å². The van der Waals surface area contributed by atoms with Crippen molar-refractivity contribution in [3.05, 3.63) is 54.1 Å². The number of anilines is 2. The van der Waals surface area contributed by atoms with Crippen molar-refractivity contribution in [1.82, 2.24) is 0 Å². The summed E-state index contributed by atoms with van der Waals surface area (Å²) in [5, 5.41) is 5.62. The number of esters is 1. The van der Waals surface area contributed by atoms with Crippen LogP contribution in [0.2, 0.25) is 0 Å². The Balaban J connectivity index is 1.63. The van der Waals surface area contributed by atoms with Crippen LogP contribution in [0.5, 0.6) is 5.75 Å². The zero-order valence-corrected chi connectivity index (χ0v) is 16.8. The van der Waals surface area contributed by atoms with Gasteiger partial charge in [0.15, 0.2) is 5.60 Å². The molecule has 0 saturated heterocycles. The van der Waals surface area contributed by atoms with Crippen LogP contribution >= 0.6 is 11.8 Å². The molecule has 0 saturated carbocycles. The van der Waals surface area contributed by atoms with Crippen molar-refractivity contribution in [3.8, 4) is 5.75 Å². The Labute approximate surface area is 168 Å². The maximum Gasteiger partial charge on any atom is 0.323 e. The highest BCUT2D eigenvalue weighted by molar-refractivity contribution is 7.98. The summed E-state index contributed by atoms with van der Waals surface area (Å²) in [5.74, 6) is 0.313. The minimum Gasteiger partial charge on any atom is -0.479 e. The molecule has 2 aromatic carbocycles. The zero-order valence-electron chi connectivity index (χ0n) is 15.9. The molecular weight excluding hydrogens is 376 g/mol. The summed E-state index contributed by atoms with van der Waals surface area (Å²) in [7, 11) is 0. The molecule has 1 aliphatic heterocycles. The van der Waals surface area contributed by atoms with Gasteiger partial charge in [0.05, 0.1) is 0 Å². The lowest BCUT2D eigenvalue weighted by molar-refractivity contribution is -0.145. The topological polar surface area (TPSA) is 76.7 Å². The predicted molar refractivity (Wildman–Crippen MR) is 112 cm³/mol. The standard InChI is InChI=1S/C21H22N2O4S/c1-14(24)26-13-21(2)11-10-15-12-17(6-9-19(15)27-21)23-20(25)22-16-4-7-18(28-3)8-5-16/h4-12H,13H2,1-3H3,(H2,22,23,25). The van der Waals surface area contributed by atoms with Gasteiger partial charge in [-0.3, -0.25) is 4.79 Å². The average Bonchev–Trinajstić information content (AvgIpc) is 2.67. The summed E-state index contributed by atoms with van der Waals surface area (Å²) in [5.41, 5.74) is 1.49. The van der Waals surface area contributed by atoms with Crippen LogP contribution < -0.4 is 15.4 Å². The molecule has 0 aliphatic carbocycles. The zero-order chi connectivity index (χ0) is 20.1. The molecular formula is C21H22N2O4S. The molecule has 0 spiro atoms. The van der Waals surface area contributed by atoms with Crippen molar-refractivity contribution >= 4 is 41.2 Å². The number of fused-ring (bicyclic) bond motifs is 1. The highest BCUT2D eigenvalue weighted by Crippen LogP contribution is 2.33. The van der Waals surface area contributed by atoms with Gasteiger partial charge in [-0.2, -0.15) is 0 Å². The van der Waals surface area contributed by atoms with Gasteiger partial charge in [-0.15, -0.1) is 11.8 Å². The normalized spacial score (nSPS) is 17.2. The van der Waals surface area contributed by atoms with E-state index >= 15 is 0 Å². The van der Waals surface area contributed by atoms with E-state index in [2.05, 4.69) is 10.6 Å². The van der Waals surface area contributed by atoms with Gasteiger partial charge >= 0.3 is 12.0 Å². The molecule has 1 heterocycles. The molecule has 146 valence electrons. The van der Waals surface area contributed by atoms with Gasteiger partial charge < -0.3 is 20.1 Å². The quantitative estimate of drug-likeness (QED) is 0.560. The maximum absolute atomic E-state index is 12.2. The molecule has 0 fully saturated rings. The second kappa shape index (κ2) is 8.39. The van der Waals surface area contributed by atoms with Gasteiger partial charge in [0, 0.05) is 28.8 Å². The number of carbonyl (C=O) groups is 2. The fourth-order valence-corrected chi connectivity index (χ4v) is 3.10. The van der Waals surface area contributed by atoms with Crippen molar-refractivity contribution in [2.24, 2.45) is 0 Å². The van der Waals surface area contributed by atoms with Crippen molar-refractivity contribution < 1.29 is 19.1 Å². The summed E-state index contributed by atoms with van der Waals surface area (Å²) >= 11 is 1.65. The van der Waals surface area contributed by atoms with E-state index in [1.807, 2.05) is 55.7 Å². The lowest BCUT2D eigenvalue weighted by Crippen LogP contribution is -2.37. The van der Waals surface area contributed by atoms with Crippen molar-refractivity contribution in [2.45, 2.75) is 24.3 Å². The van der Waals surface area contributed by atoms with Crippen molar-refractivity contribution in [3.63, 3.8) is 0 Å². The third kappa shape index (κ3) is 5.07. The van der Waals surface area contributed by atoms with E-state index in [0.29, 0.717) is 11.4 Å². The van der Waals surface area contributed by atoms with Crippen LogP contribution in [0.15, 0.2) is 53.4 Å². The number of benzene rings is 2. The number of hydrogen-bond acceptors (Lipinski definition) is 5. The number of nitrogens with one attached hydrogen (secondary N) is 2. The highest BCUT2D eigenvalue weighted by atomic mass is 32.2. The van der Waals surface area contributed by atoms with Crippen LogP contribution in [0.4, 0.5) is 16.2 Å². The Bertz CT molecular complexity index is 911. The number of ether oxygens (including phenoxy) is 2. The molecule has 1 atom stereocenters. The fourth-order valence-electron chi connectivity index (χ4n) is 2.69. The molecule has 28 heavy (non-hydrogen) atoms. The molecule has 2 N–H and O–H groups in total. The number of amides is 2. The Kier molecular flexibility index (Phi) is 5.94. The van der Waals surface area contributed by atoms with Crippen molar-refractivity contribution in [2.75, 3.05) is 23.5 Å². The van der Waals surface area contributed by atoms with Crippen LogP contribution in [-0.4, -0.2) is 30.5 Å². The summed E-state index contributed by atoms with van der Waals surface area (Å²) in [6.07, 6.45) is 5.74. The van der Waals surface area contributed by atoms with E-state index in [0.717, 1.165) is 16.1 Å². The predicted octanol–water partition coefficient (Wildman–Crippen LogP) is 4.78. The van der Waals surface area contributed by atoms with Gasteiger partial charge in [0.2, 0.25) is 0 Å². The highest BCUT2D eigenvalue weighted by Gasteiger charge is 2.29. The molecule has 6 nitrogen and oxygen atoms in total. The minimum absolute atomic E-state index is 0.135. The Morgan fingerprint density at radius 3 is 2.46 bits per heavy atom. The minimum atomic E-state index is -0.714. The maximum atomic E-state index is 12.2. The van der Waals surface area contributed by atoms with Crippen LogP contribution in [0.1, 0.15) is 19.4 Å². The van der Waals surface area contributed by atoms with Crippen LogP contribution in [-0.2, 0) is 9.53 Å². The fraction of sp³-hybridized carbons (Fsp3) is 0.238. The summed E-state index contributed by atoms with van der Waals surface area (Å²) in [6, 6.07) is 12.7. The number of urea groups is 1. The number of rotatable bonds is 5. The van der Waals surface area contributed by atoms with E-state index in [9.17, 15) is 9.59 Å². The number of thioether (sulfide) groups is 1. The summed E-state index contributed by atoms with van der Waals surface area (Å²) < 4.78 is 11.0. The van der Waals surface area contributed by atoms with Gasteiger partial charge in [0.25, 0.3) is 0 Å². The Hall–Kier alpha value is -2.93. The second-order valence-electron chi connectivity index (χ2n) is 6.59. The van der Waals surface area contributed by atoms with Gasteiger partial charge in [-0.25, -0.2) is 4.79 Å². The SMILES string of the molecule is CSc1ccc(NC(=O)Nc2ccc3c(c2)C=CC(C)(COC(C)=O)O3)cc1. The molecule has 7 heteroatoms. The number of hydrogen-bond donors (Lipinski definition) is 2. The Morgan fingerprint density at radius 1 is 1.11 bits per heavy atom. The van der Waals surface area contributed by atoms with Crippen molar-refractivity contribution in [1.29, 1.82) is 0 Å². The molecule has 0 radical (unpaired) electrons. The average molecular weight is 398 g/mol. The first-order chi connectivity index (χ1) is 13.4. The van der Waals surface area contributed by atoms with E-state index in [1.54, 1.807) is 23.9 Å². The molecule has 0 bridgehead atoms. The third-order valence-electron chi connectivity index (χ3n) is 4.14. The second-order valence-corrected chi connectivity index (χ2v) is 7.47. The summed E-state index contributed by atoms with van der Waals surface area (Å²) in [6.45, 7) is 3.34. The van der Waals surface area contributed by atoms with Crippen LogP contribution in [0.3, 0.4) is 0 Å². The van der Waals surface area contributed by atoms with Gasteiger partial charge in [-0.1, -0.05) is 6.08 Å². The smallest absolute Gasteiger partial charge is 0.323 e. The lowest BCUT2D eigenvalue weighted by atomic mass is 10.0.